The molecule has 0 aliphatic carbocycles. The summed E-state index contributed by atoms with van der Waals surface area (Å²) in [6.45, 7) is 3.92. The highest BCUT2D eigenvalue weighted by Gasteiger charge is 2.10. The van der Waals surface area contributed by atoms with Gasteiger partial charge in [0.15, 0.2) is 0 Å². The molecule has 0 aliphatic heterocycles. The van der Waals surface area contributed by atoms with E-state index in [1.54, 1.807) is 19.1 Å². The lowest BCUT2D eigenvalue weighted by Gasteiger charge is -2.06. The Morgan fingerprint density at radius 3 is 2.81 bits per heavy atom. The van der Waals surface area contributed by atoms with Crippen LogP contribution in [0.2, 0.25) is 5.02 Å². The number of hydrogen-bond donors (Lipinski definition) is 0. The maximum atomic E-state index is 11.3. The number of carbonyl (C=O) groups is 1. The van der Waals surface area contributed by atoms with Crippen LogP contribution in [0.15, 0.2) is 12.1 Å². The molecule has 0 N–H and O–H groups in total. The molecule has 1 aromatic carbocycles. The molecule has 4 heteroatoms. The van der Waals surface area contributed by atoms with Gasteiger partial charge in [-0.25, -0.2) is 0 Å². The topological polar surface area (TPSA) is 50.1 Å². The summed E-state index contributed by atoms with van der Waals surface area (Å²) in [5.74, 6) is -0.312. The largest absolute Gasteiger partial charge is 0.466 e. The van der Waals surface area contributed by atoms with Gasteiger partial charge in [-0.15, -0.1) is 0 Å². The van der Waals surface area contributed by atoms with Crippen molar-refractivity contribution in [2.24, 2.45) is 0 Å². The minimum atomic E-state index is -0.312. The SMILES string of the molecule is CCOC(=O)Cc1cc(C)c(C#N)cc1Cl. The molecular weight excluding hydrogens is 226 g/mol. The van der Waals surface area contributed by atoms with E-state index in [0.717, 1.165) is 5.56 Å². The summed E-state index contributed by atoms with van der Waals surface area (Å²) in [6.07, 6.45) is 0.138. The molecule has 0 spiro atoms. The molecule has 3 nitrogen and oxygen atoms in total. The zero-order valence-corrected chi connectivity index (χ0v) is 9.97. The van der Waals surface area contributed by atoms with E-state index >= 15 is 0 Å². The smallest absolute Gasteiger partial charge is 0.310 e. The van der Waals surface area contributed by atoms with E-state index in [1.165, 1.54) is 0 Å². The normalized spacial score (nSPS) is 9.62. The van der Waals surface area contributed by atoms with E-state index in [-0.39, 0.29) is 12.4 Å². The molecule has 0 atom stereocenters. The number of nitrogens with zero attached hydrogens (tertiary/aromatic N) is 1. The predicted molar refractivity (Wildman–Crippen MR) is 61.2 cm³/mol. The van der Waals surface area contributed by atoms with Crippen LogP contribution >= 0.6 is 11.6 Å². The van der Waals surface area contributed by atoms with Crippen molar-refractivity contribution in [3.63, 3.8) is 0 Å². The third kappa shape index (κ3) is 2.98. The third-order valence-corrected chi connectivity index (χ3v) is 2.51. The molecule has 0 aromatic heterocycles. The molecule has 0 unspecified atom stereocenters. The highest BCUT2D eigenvalue weighted by Crippen LogP contribution is 2.21. The summed E-state index contributed by atoms with van der Waals surface area (Å²) in [6, 6.07) is 5.36. The summed E-state index contributed by atoms with van der Waals surface area (Å²) < 4.78 is 4.83. The van der Waals surface area contributed by atoms with Gasteiger partial charge >= 0.3 is 5.97 Å². The Bertz CT molecular complexity index is 449. The van der Waals surface area contributed by atoms with E-state index in [1.807, 2.05) is 13.0 Å². The molecule has 0 saturated heterocycles. The summed E-state index contributed by atoms with van der Waals surface area (Å²) >= 11 is 5.97. The maximum Gasteiger partial charge on any atom is 0.310 e. The molecule has 0 amide bonds. The molecule has 0 saturated carbocycles. The minimum Gasteiger partial charge on any atom is -0.466 e. The van der Waals surface area contributed by atoms with Crippen molar-refractivity contribution in [3.8, 4) is 6.07 Å². The van der Waals surface area contributed by atoms with Crippen LogP contribution in [-0.4, -0.2) is 12.6 Å². The van der Waals surface area contributed by atoms with E-state index in [0.29, 0.717) is 22.8 Å². The fourth-order valence-corrected chi connectivity index (χ4v) is 1.60. The molecule has 0 fully saturated rings. The summed E-state index contributed by atoms with van der Waals surface area (Å²) in [5.41, 5.74) is 2.03. The molecule has 0 aliphatic rings. The molecule has 1 aromatic rings. The van der Waals surface area contributed by atoms with E-state index in [4.69, 9.17) is 21.6 Å². The number of nitriles is 1. The molecule has 1 rings (SSSR count). The third-order valence-electron chi connectivity index (χ3n) is 2.15. The van der Waals surface area contributed by atoms with Crippen LogP contribution in [0, 0.1) is 18.3 Å². The van der Waals surface area contributed by atoms with Crippen molar-refractivity contribution in [1.29, 1.82) is 5.26 Å². The van der Waals surface area contributed by atoms with Crippen LogP contribution in [-0.2, 0) is 16.0 Å². The van der Waals surface area contributed by atoms with Crippen molar-refractivity contribution in [2.75, 3.05) is 6.61 Å². The first-order valence-corrected chi connectivity index (χ1v) is 5.31. The predicted octanol–water partition coefficient (Wildman–Crippen LogP) is 2.63. The highest BCUT2D eigenvalue weighted by molar-refractivity contribution is 6.31. The lowest BCUT2D eigenvalue weighted by molar-refractivity contribution is -0.142. The molecule has 84 valence electrons. The van der Waals surface area contributed by atoms with Gasteiger partial charge in [-0.3, -0.25) is 4.79 Å². The average molecular weight is 238 g/mol. The molecule has 0 bridgehead atoms. The van der Waals surface area contributed by atoms with Crippen molar-refractivity contribution in [3.05, 3.63) is 33.8 Å². The number of aryl methyl sites for hydroxylation is 1. The first-order valence-electron chi connectivity index (χ1n) is 4.93. The number of benzene rings is 1. The van der Waals surface area contributed by atoms with E-state index < -0.39 is 0 Å². The second-order valence-electron chi connectivity index (χ2n) is 3.35. The monoisotopic (exact) mass is 237 g/mol. The Hall–Kier alpha value is -1.53. The van der Waals surface area contributed by atoms with Crippen LogP contribution in [0.3, 0.4) is 0 Å². The minimum absolute atomic E-state index is 0.138. The fraction of sp³-hybridized carbons (Fsp3) is 0.333. The number of ether oxygens (including phenoxy) is 1. The molecule has 0 heterocycles. The number of esters is 1. The lowest BCUT2D eigenvalue weighted by Crippen LogP contribution is -2.08. The number of rotatable bonds is 3. The summed E-state index contributed by atoms with van der Waals surface area (Å²) in [7, 11) is 0. The van der Waals surface area contributed by atoms with Crippen molar-refractivity contribution >= 4 is 17.6 Å². The lowest BCUT2D eigenvalue weighted by atomic mass is 10.0. The molecular formula is C12H12ClNO2. The molecule has 16 heavy (non-hydrogen) atoms. The Balaban J connectivity index is 2.95. The van der Waals surface area contributed by atoms with E-state index in [2.05, 4.69) is 0 Å². The van der Waals surface area contributed by atoms with Crippen molar-refractivity contribution < 1.29 is 9.53 Å². The van der Waals surface area contributed by atoms with Gasteiger partial charge in [0.1, 0.15) is 0 Å². The van der Waals surface area contributed by atoms with Gasteiger partial charge in [0.2, 0.25) is 0 Å². The standard InChI is InChI=1S/C12H12ClNO2/c1-3-16-12(15)6-9-4-8(2)10(7-14)5-11(9)13/h4-5H,3,6H2,1-2H3. The van der Waals surface area contributed by atoms with Crippen LogP contribution in [0.5, 0.6) is 0 Å². The first kappa shape index (κ1) is 12.5. The van der Waals surface area contributed by atoms with Gasteiger partial charge in [-0.05, 0) is 31.0 Å². The van der Waals surface area contributed by atoms with Gasteiger partial charge in [0.25, 0.3) is 0 Å². The zero-order valence-electron chi connectivity index (χ0n) is 9.21. The maximum absolute atomic E-state index is 11.3. The van der Waals surface area contributed by atoms with Crippen LogP contribution in [0.1, 0.15) is 23.6 Å². The first-order chi connectivity index (χ1) is 7.58. The van der Waals surface area contributed by atoms with Crippen LogP contribution in [0.4, 0.5) is 0 Å². The van der Waals surface area contributed by atoms with Crippen LogP contribution < -0.4 is 0 Å². The van der Waals surface area contributed by atoms with Gasteiger partial charge in [-0.1, -0.05) is 17.7 Å². The zero-order chi connectivity index (χ0) is 12.1. The summed E-state index contributed by atoms with van der Waals surface area (Å²) in [4.78, 5) is 11.3. The Morgan fingerprint density at radius 1 is 1.56 bits per heavy atom. The number of hydrogen-bond acceptors (Lipinski definition) is 3. The molecule has 0 radical (unpaired) electrons. The number of halogens is 1. The Labute approximate surface area is 99.6 Å². The van der Waals surface area contributed by atoms with E-state index in [9.17, 15) is 4.79 Å². The van der Waals surface area contributed by atoms with Crippen molar-refractivity contribution in [2.45, 2.75) is 20.3 Å². The Morgan fingerprint density at radius 2 is 2.25 bits per heavy atom. The number of carbonyl (C=O) groups excluding carboxylic acids is 1. The van der Waals surface area contributed by atoms with Gasteiger partial charge in [0, 0.05) is 5.02 Å². The van der Waals surface area contributed by atoms with Crippen LogP contribution in [0.25, 0.3) is 0 Å². The fourth-order valence-electron chi connectivity index (χ4n) is 1.36. The second kappa shape index (κ2) is 5.53. The second-order valence-corrected chi connectivity index (χ2v) is 3.76. The van der Waals surface area contributed by atoms with Crippen molar-refractivity contribution in [1.82, 2.24) is 0 Å². The Kier molecular flexibility index (Phi) is 4.33. The summed E-state index contributed by atoms with van der Waals surface area (Å²) in [5, 5.41) is 9.23. The highest BCUT2D eigenvalue weighted by atomic mass is 35.5. The van der Waals surface area contributed by atoms with Gasteiger partial charge < -0.3 is 4.74 Å². The quantitative estimate of drug-likeness (QED) is 0.760. The average Bonchev–Trinajstić information content (AvgIpc) is 2.23. The van der Waals surface area contributed by atoms with Gasteiger partial charge in [-0.2, -0.15) is 5.26 Å². The van der Waals surface area contributed by atoms with Gasteiger partial charge in [0.05, 0.1) is 24.7 Å².